The second-order valence-electron chi connectivity index (χ2n) is 7.93. The number of halogens is 7. The Morgan fingerprint density at radius 1 is 0.805 bits per heavy atom. The molecule has 15 heteroatoms. The topological polar surface area (TPSA) is 103 Å². The summed E-state index contributed by atoms with van der Waals surface area (Å²) in [7, 11) is 0. The van der Waals surface area contributed by atoms with Crippen molar-refractivity contribution in [1.82, 2.24) is 9.97 Å². The Morgan fingerprint density at radius 2 is 1.29 bits per heavy atom. The number of rotatable bonds is 10. The first-order valence-corrected chi connectivity index (χ1v) is 14.0. The van der Waals surface area contributed by atoms with Gasteiger partial charge in [-0.2, -0.15) is 36.9 Å². The van der Waals surface area contributed by atoms with E-state index in [0.29, 0.717) is 26.1 Å². The Labute approximate surface area is 245 Å². The van der Waals surface area contributed by atoms with Crippen LogP contribution >= 0.6 is 35.1 Å². The molecule has 1 heterocycles. The van der Waals surface area contributed by atoms with Crippen molar-refractivity contribution in [3.63, 3.8) is 0 Å². The number of ether oxygens (including phenoxy) is 1. The number of aromatic hydroxyl groups is 1. The molecule has 0 aliphatic carbocycles. The first-order valence-electron chi connectivity index (χ1n) is 11.6. The van der Waals surface area contributed by atoms with Gasteiger partial charge in [0.2, 0.25) is 0 Å². The molecular formula is C26H21ClF6N4O2S2. The van der Waals surface area contributed by atoms with Gasteiger partial charge in [0, 0.05) is 12.8 Å². The van der Waals surface area contributed by atoms with Gasteiger partial charge in [-0.15, -0.1) is 23.5 Å². The number of hydrogen-bond donors (Lipinski definition) is 1. The lowest BCUT2D eigenvalue weighted by Crippen LogP contribution is -2.07. The Morgan fingerprint density at radius 3 is 1.80 bits per heavy atom. The highest BCUT2D eigenvalue weighted by molar-refractivity contribution is 7.99. The number of hydrogen-bond acceptors (Lipinski definition) is 8. The summed E-state index contributed by atoms with van der Waals surface area (Å²) < 4.78 is 77.9. The standard InChI is InChI=1S/C15H11ClF3N3OS.C11H10F3NOS/c16-11-8-21-14(22-9-11)23-12-4-1-3-10(7-20)13(12)24-6-2-5-15(17,18)19;12-11(13,14)5-2-6-17-10-8(7-15)3-1-4-9(10)16/h1,3-4,8-9H,2,5-6H2;1,3-4,16H,2,5-6H2. The van der Waals surface area contributed by atoms with Crippen LogP contribution in [0.1, 0.15) is 36.8 Å². The Bertz CT molecular complexity index is 1360. The van der Waals surface area contributed by atoms with Crippen LogP contribution in [0.5, 0.6) is 17.5 Å². The third-order valence-corrected chi connectivity index (χ3v) is 7.32. The number of thioether (sulfide) groups is 2. The SMILES string of the molecule is N#Cc1cccc(O)c1SCCCC(F)(F)F.N#Cc1cccc(Oc2ncc(Cl)cn2)c1SCCCC(F)(F)F. The Hall–Kier alpha value is -3.33. The van der Waals surface area contributed by atoms with Crippen molar-refractivity contribution in [2.24, 2.45) is 0 Å². The first kappa shape index (κ1) is 33.9. The van der Waals surface area contributed by atoms with Crippen LogP contribution in [0.4, 0.5) is 26.3 Å². The molecule has 0 saturated heterocycles. The number of benzene rings is 2. The number of nitriles is 2. The molecule has 6 nitrogen and oxygen atoms in total. The van der Waals surface area contributed by atoms with E-state index < -0.39 is 25.2 Å². The van der Waals surface area contributed by atoms with Gasteiger partial charge in [-0.1, -0.05) is 23.7 Å². The van der Waals surface area contributed by atoms with Crippen LogP contribution in [0, 0.1) is 22.7 Å². The van der Waals surface area contributed by atoms with Crippen LogP contribution in [0.3, 0.4) is 0 Å². The molecular weight excluding hydrogens is 614 g/mol. The van der Waals surface area contributed by atoms with E-state index in [0.717, 1.165) is 23.5 Å². The molecule has 0 aliphatic rings. The minimum absolute atomic E-state index is 0.0339. The van der Waals surface area contributed by atoms with Crippen molar-refractivity contribution in [2.45, 2.75) is 47.8 Å². The predicted octanol–water partition coefficient (Wildman–Crippen LogP) is 8.93. The minimum Gasteiger partial charge on any atom is -0.507 e. The minimum atomic E-state index is -4.19. The van der Waals surface area contributed by atoms with Crippen molar-refractivity contribution >= 4 is 35.1 Å². The molecule has 3 aromatic rings. The Balaban J connectivity index is 0.000000305. The summed E-state index contributed by atoms with van der Waals surface area (Å²) in [5, 5.41) is 27.8. The molecule has 0 atom stereocenters. The fourth-order valence-electron chi connectivity index (χ4n) is 2.94. The maximum absolute atomic E-state index is 12.2. The average molecular weight is 635 g/mol. The van der Waals surface area contributed by atoms with Gasteiger partial charge in [-0.05, 0) is 48.6 Å². The van der Waals surface area contributed by atoms with Gasteiger partial charge in [-0.3, -0.25) is 0 Å². The van der Waals surface area contributed by atoms with E-state index in [4.69, 9.17) is 21.6 Å². The van der Waals surface area contributed by atoms with Gasteiger partial charge in [0.1, 0.15) is 23.6 Å². The number of nitrogens with zero attached hydrogens (tertiary/aromatic N) is 4. The van der Waals surface area contributed by atoms with E-state index in [1.165, 1.54) is 30.6 Å². The number of phenolic OH excluding ortho intramolecular Hbond substituents is 1. The summed E-state index contributed by atoms with van der Waals surface area (Å²) in [5.74, 6) is 0.663. The number of alkyl halides is 6. The van der Waals surface area contributed by atoms with Gasteiger partial charge in [0.05, 0.1) is 38.3 Å². The largest absolute Gasteiger partial charge is 0.507 e. The third-order valence-electron chi connectivity index (χ3n) is 4.71. The molecule has 0 bridgehead atoms. The van der Waals surface area contributed by atoms with Gasteiger partial charge in [-0.25, -0.2) is 9.97 Å². The molecule has 0 amide bonds. The van der Waals surface area contributed by atoms with Gasteiger partial charge < -0.3 is 9.84 Å². The van der Waals surface area contributed by atoms with Crippen molar-refractivity contribution in [2.75, 3.05) is 11.5 Å². The molecule has 0 unspecified atom stereocenters. The molecule has 218 valence electrons. The van der Waals surface area contributed by atoms with Gasteiger partial charge in [0.15, 0.2) is 0 Å². The van der Waals surface area contributed by atoms with Crippen LogP contribution in [0.2, 0.25) is 5.02 Å². The molecule has 2 aromatic carbocycles. The van der Waals surface area contributed by atoms with Crippen LogP contribution in [-0.2, 0) is 0 Å². The summed E-state index contributed by atoms with van der Waals surface area (Å²) in [6, 6.07) is 13.2. The molecule has 1 aromatic heterocycles. The molecule has 0 radical (unpaired) electrons. The lowest BCUT2D eigenvalue weighted by molar-refractivity contribution is -0.135. The van der Waals surface area contributed by atoms with Gasteiger partial charge in [0.25, 0.3) is 0 Å². The van der Waals surface area contributed by atoms with E-state index in [1.807, 2.05) is 12.1 Å². The smallest absolute Gasteiger partial charge is 0.389 e. The van der Waals surface area contributed by atoms with E-state index in [2.05, 4.69) is 9.97 Å². The molecule has 0 spiro atoms. The zero-order chi connectivity index (χ0) is 30.5. The normalized spacial score (nSPS) is 11.1. The lowest BCUT2D eigenvalue weighted by Gasteiger charge is -2.11. The summed E-state index contributed by atoms with van der Waals surface area (Å²) in [5.41, 5.74) is 0.598. The fourth-order valence-corrected chi connectivity index (χ4v) is 5.03. The summed E-state index contributed by atoms with van der Waals surface area (Å²) >= 11 is 7.89. The van der Waals surface area contributed by atoms with Crippen LogP contribution < -0.4 is 4.74 Å². The van der Waals surface area contributed by atoms with E-state index in [1.54, 1.807) is 18.2 Å². The lowest BCUT2D eigenvalue weighted by atomic mass is 10.2. The predicted molar refractivity (Wildman–Crippen MR) is 143 cm³/mol. The highest BCUT2D eigenvalue weighted by Crippen LogP contribution is 2.36. The first-order chi connectivity index (χ1) is 19.3. The maximum Gasteiger partial charge on any atom is 0.389 e. The second kappa shape index (κ2) is 16.2. The summed E-state index contributed by atoms with van der Waals surface area (Å²) in [6.45, 7) is 0. The fraction of sp³-hybridized carbons (Fsp3) is 0.308. The zero-order valence-electron chi connectivity index (χ0n) is 21.0. The maximum atomic E-state index is 12.2. The molecule has 3 rings (SSSR count). The second-order valence-corrected chi connectivity index (χ2v) is 10.6. The van der Waals surface area contributed by atoms with Crippen molar-refractivity contribution in [1.29, 1.82) is 10.5 Å². The highest BCUT2D eigenvalue weighted by atomic mass is 35.5. The highest BCUT2D eigenvalue weighted by Gasteiger charge is 2.27. The van der Waals surface area contributed by atoms with Crippen LogP contribution in [0.15, 0.2) is 58.6 Å². The molecule has 41 heavy (non-hydrogen) atoms. The molecule has 0 fully saturated rings. The third kappa shape index (κ3) is 12.8. The quantitative estimate of drug-likeness (QED) is 0.134. The van der Waals surface area contributed by atoms with E-state index >= 15 is 0 Å². The molecule has 1 N–H and O–H groups in total. The number of phenols is 1. The average Bonchev–Trinajstić information content (AvgIpc) is 2.90. The van der Waals surface area contributed by atoms with Crippen molar-refractivity contribution in [3.05, 3.63) is 64.9 Å². The molecule has 0 aliphatic heterocycles. The number of aromatic nitrogens is 2. The van der Waals surface area contributed by atoms with E-state index in [9.17, 15) is 36.7 Å². The van der Waals surface area contributed by atoms with Crippen LogP contribution in [0.25, 0.3) is 0 Å². The zero-order valence-corrected chi connectivity index (χ0v) is 23.4. The van der Waals surface area contributed by atoms with Crippen molar-refractivity contribution in [3.8, 4) is 29.6 Å². The Kier molecular flexibility index (Phi) is 13.4. The van der Waals surface area contributed by atoms with Crippen LogP contribution in [-0.4, -0.2) is 38.9 Å². The molecule has 0 saturated carbocycles. The summed E-state index contributed by atoms with van der Waals surface area (Å²) in [4.78, 5) is 8.59. The van der Waals surface area contributed by atoms with Gasteiger partial charge >= 0.3 is 18.4 Å². The van der Waals surface area contributed by atoms with E-state index in [-0.39, 0.29) is 41.7 Å². The summed E-state index contributed by atoms with van der Waals surface area (Å²) in [6.07, 6.45) is -7.44. The van der Waals surface area contributed by atoms with Crippen molar-refractivity contribution < 1.29 is 36.2 Å². The monoisotopic (exact) mass is 634 g/mol.